The van der Waals surface area contributed by atoms with E-state index in [-0.39, 0.29) is 0 Å². The number of aryl methyl sites for hydroxylation is 2. The third-order valence-corrected chi connectivity index (χ3v) is 2.03. The quantitative estimate of drug-likeness (QED) is 0.739. The van der Waals surface area contributed by atoms with Crippen LogP contribution in [0.3, 0.4) is 0 Å². The summed E-state index contributed by atoms with van der Waals surface area (Å²) in [4.78, 5) is 4.17. The van der Waals surface area contributed by atoms with Crippen molar-refractivity contribution in [2.24, 2.45) is 0 Å². The molecule has 1 aromatic heterocycles. The molecule has 0 fully saturated rings. The van der Waals surface area contributed by atoms with Crippen LogP contribution in [0.25, 0.3) is 6.08 Å². The van der Waals surface area contributed by atoms with Gasteiger partial charge in [-0.3, -0.25) is 0 Å². The molecule has 0 aliphatic heterocycles. The van der Waals surface area contributed by atoms with Gasteiger partial charge < -0.3 is 5.73 Å². The lowest BCUT2D eigenvalue weighted by atomic mass is 10.1. The summed E-state index contributed by atoms with van der Waals surface area (Å²) in [7, 11) is 0. The topological polar surface area (TPSA) is 38.9 Å². The molecule has 0 amide bonds. The van der Waals surface area contributed by atoms with Gasteiger partial charge in [0, 0.05) is 11.6 Å². The van der Waals surface area contributed by atoms with Crippen LogP contribution >= 0.6 is 11.6 Å². The van der Waals surface area contributed by atoms with E-state index >= 15 is 0 Å². The Morgan fingerprint density at radius 1 is 1.54 bits per heavy atom. The van der Waals surface area contributed by atoms with Crippen LogP contribution in [-0.2, 0) is 0 Å². The Morgan fingerprint density at radius 2 is 2.23 bits per heavy atom. The number of halogens is 1. The molecule has 0 saturated heterocycles. The zero-order valence-corrected chi connectivity index (χ0v) is 8.60. The third kappa shape index (κ3) is 2.46. The van der Waals surface area contributed by atoms with E-state index in [1.165, 1.54) is 0 Å². The fourth-order valence-corrected chi connectivity index (χ4v) is 1.37. The lowest BCUT2D eigenvalue weighted by Gasteiger charge is -2.05. The summed E-state index contributed by atoms with van der Waals surface area (Å²) < 4.78 is 0. The largest absolute Gasteiger partial charge is 0.384 e. The minimum absolute atomic E-state index is 0.517. The van der Waals surface area contributed by atoms with E-state index in [9.17, 15) is 0 Å². The number of aromatic nitrogens is 1. The Kier molecular flexibility index (Phi) is 3.32. The molecule has 0 unspecified atom stereocenters. The first-order chi connectivity index (χ1) is 6.15. The molecular formula is C10H13ClN2. The number of nitrogens with zero attached hydrogens (tertiary/aromatic N) is 1. The molecule has 1 aromatic rings. The lowest BCUT2D eigenvalue weighted by molar-refractivity contribution is 1.17. The Morgan fingerprint density at radius 3 is 2.77 bits per heavy atom. The summed E-state index contributed by atoms with van der Waals surface area (Å²) in [6, 6.07) is 1.86. The number of allylic oxidation sites excluding steroid dienone is 1. The predicted molar refractivity (Wildman–Crippen MR) is 57.9 cm³/mol. The van der Waals surface area contributed by atoms with Crippen LogP contribution in [-0.4, -0.2) is 10.9 Å². The van der Waals surface area contributed by atoms with Gasteiger partial charge in [0.25, 0.3) is 0 Å². The SMILES string of the molecule is Cc1cc(N)nc(C)c1C=CCCl. The third-order valence-electron chi connectivity index (χ3n) is 1.85. The molecule has 2 nitrogen and oxygen atoms in total. The van der Waals surface area contributed by atoms with Gasteiger partial charge in [0.05, 0.1) is 0 Å². The fourth-order valence-electron chi connectivity index (χ4n) is 1.29. The molecule has 1 heterocycles. The minimum atomic E-state index is 0.517. The second-order valence-electron chi connectivity index (χ2n) is 2.92. The molecule has 0 aliphatic rings. The van der Waals surface area contributed by atoms with Crippen LogP contribution in [0.5, 0.6) is 0 Å². The average Bonchev–Trinajstić information content (AvgIpc) is 2.02. The van der Waals surface area contributed by atoms with Crippen LogP contribution in [0.15, 0.2) is 12.1 Å². The maximum atomic E-state index is 5.60. The van der Waals surface area contributed by atoms with Crippen LogP contribution in [0.2, 0.25) is 0 Å². The highest BCUT2D eigenvalue weighted by molar-refractivity contribution is 6.19. The van der Waals surface area contributed by atoms with Crippen molar-refractivity contribution in [1.82, 2.24) is 4.98 Å². The number of hydrogen-bond acceptors (Lipinski definition) is 2. The van der Waals surface area contributed by atoms with Gasteiger partial charge in [-0.15, -0.1) is 11.6 Å². The van der Waals surface area contributed by atoms with Crippen LogP contribution in [0.1, 0.15) is 16.8 Å². The van der Waals surface area contributed by atoms with Crippen molar-refractivity contribution in [3.63, 3.8) is 0 Å². The van der Waals surface area contributed by atoms with Gasteiger partial charge in [-0.25, -0.2) is 4.98 Å². The molecule has 70 valence electrons. The van der Waals surface area contributed by atoms with Crippen molar-refractivity contribution in [3.8, 4) is 0 Å². The summed E-state index contributed by atoms with van der Waals surface area (Å²) in [5.74, 6) is 1.08. The normalized spacial score (nSPS) is 11.0. The van der Waals surface area contributed by atoms with Gasteiger partial charge >= 0.3 is 0 Å². The number of nitrogen functional groups attached to an aromatic ring is 1. The highest BCUT2D eigenvalue weighted by Gasteiger charge is 2.01. The molecule has 1 rings (SSSR count). The van der Waals surface area contributed by atoms with Gasteiger partial charge in [0.2, 0.25) is 0 Å². The number of rotatable bonds is 2. The minimum Gasteiger partial charge on any atom is -0.384 e. The Labute approximate surface area is 83.4 Å². The van der Waals surface area contributed by atoms with E-state index in [2.05, 4.69) is 4.98 Å². The van der Waals surface area contributed by atoms with Crippen molar-refractivity contribution >= 4 is 23.5 Å². The van der Waals surface area contributed by atoms with Gasteiger partial charge in [-0.1, -0.05) is 12.2 Å². The van der Waals surface area contributed by atoms with Crippen LogP contribution in [0, 0.1) is 13.8 Å². The zero-order valence-electron chi connectivity index (χ0n) is 7.84. The highest BCUT2D eigenvalue weighted by atomic mass is 35.5. The van der Waals surface area contributed by atoms with E-state index in [0.717, 1.165) is 16.8 Å². The Bertz CT molecular complexity index is 309. The first-order valence-corrected chi connectivity index (χ1v) is 4.65. The number of anilines is 1. The number of nitrogens with two attached hydrogens (primary N) is 1. The summed E-state index contributed by atoms with van der Waals surface area (Å²) in [5.41, 5.74) is 8.78. The van der Waals surface area contributed by atoms with Gasteiger partial charge in [0.15, 0.2) is 0 Å². The molecule has 0 radical (unpaired) electrons. The van der Waals surface area contributed by atoms with Gasteiger partial charge in [-0.05, 0) is 31.0 Å². The van der Waals surface area contributed by atoms with E-state index in [1.807, 2.05) is 32.1 Å². The zero-order chi connectivity index (χ0) is 9.84. The molecule has 0 saturated carbocycles. The number of hydrogen-bond donors (Lipinski definition) is 1. The molecule has 0 atom stereocenters. The predicted octanol–water partition coefficient (Wildman–Crippen LogP) is 2.53. The molecule has 2 N–H and O–H groups in total. The fraction of sp³-hybridized carbons (Fsp3) is 0.300. The summed E-state index contributed by atoms with van der Waals surface area (Å²) in [6.45, 7) is 3.95. The number of alkyl halides is 1. The standard InChI is InChI=1S/C10H13ClN2/c1-7-6-10(12)13-8(2)9(7)4-3-5-11/h3-4,6H,5H2,1-2H3,(H2,12,13). The molecule has 13 heavy (non-hydrogen) atoms. The second kappa shape index (κ2) is 4.28. The summed E-state index contributed by atoms with van der Waals surface area (Å²) in [6.07, 6.45) is 3.87. The lowest BCUT2D eigenvalue weighted by Crippen LogP contribution is -1.97. The van der Waals surface area contributed by atoms with Crippen molar-refractivity contribution in [1.29, 1.82) is 0 Å². The maximum absolute atomic E-state index is 5.60. The van der Waals surface area contributed by atoms with Crippen LogP contribution in [0.4, 0.5) is 5.82 Å². The van der Waals surface area contributed by atoms with Crippen molar-refractivity contribution in [3.05, 3.63) is 29.0 Å². The molecule has 0 bridgehead atoms. The molecule has 0 spiro atoms. The molecule has 0 aliphatic carbocycles. The Balaban J connectivity index is 3.13. The molecular weight excluding hydrogens is 184 g/mol. The molecule has 0 aromatic carbocycles. The van der Waals surface area contributed by atoms with E-state index in [1.54, 1.807) is 0 Å². The average molecular weight is 197 g/mol. The Hall–Kier alpha value is -1.02. The summed E-state index contributed by atoms with van der Waals surface area (Å²) in [5, 5.41) is 0. The van der Waals surface area contributed by atoms with Gasteiger partial charge in [-0.2, -0.15) is 0 Å². The smallest absolute Gasteiger partial charge is 0.123 e. The van der Waals surface area contributed by atoms with Crippen molar-refractivity contribution in [2.75, 3.05) is 11.6 Å². The van der Waals surface area contributed by atoms with Gasteiger partial charge in [0.1, 0.15) is 5.82 Å². The van der Waals surface area contributed by atoms with Crippen LogP contribution < -0.4 is 5.73 Å². The van der Waals surface area contributed by atoms with Crippen molar-refractivity contribution < 1.29 is 0 Å². The highest BCUT2D eigenvalue weighted by Crippen LogP contribution is 2.15. The first kappa shape index (κ1) is 10.1. The maximum Gasteiger partial charge on any atom is 0.123 e. The number of pyridine rings is 1. The second-order valence-corrected chi connectivity index (χ2v) is 3.23. The van der Waals surface area contributed by atoms with E-state index in [0.29, 0.717) is 11.7 Å². The van der Waals surface area contributed by atoms with E-state index in [4.69, 9.17) is 17.3 Å². The monoisotopic (exact) mass is 196 g/mol. The molecule has 3 heteroatoms. The summed E-state index contributed by atoms with van der Waals surface area (Å²) >= 11 is 5.56. The first-order valence-electron chi connectivity index (χ1n) is 4.11. The van der Waals surface area contributed by atoms with Crippen molar-refractivity contribution in [2.45, 2.75) is 13.8 Å². The van der Waals surface area contributed by atoms with E-state index < -0.39 is 0 Å².